The van der Waals surface area contributed by atoms with Crippen LogP contribution in [0, 0.1) is 11.3 Å². The third kappa shape index (κ3) is 2.25. The summed E-state index contributed by atoms with van der Waals surface area (Å²) in [5.41, 5.74) is 5.70. The molecule has 0 fully saturated rings. The molecule has 1 aromatic carbocycles. The fourth-order valence-electron chi connectivity index (χ4n) is 1.04. The smallest absolute Gasteiger partial charge is 0.164 e. The zero-order chi connectivity index (χ0) is 11.3. The summed E-state index contributed by atoms with van der Waals surface area (Å²) in [6.07, 6.45) is 0. The third-order valence-electron chi connectivity index (χ3n) is 1.79. The minimum absolute atomic E-state index is 0.135. The van der Waals surface area contributed by atoms with Gasteiger partial charge in [0, 0.05) is 5.56 Å². The van der Waals surface area contributed by atoms with Crippen LogP contribution in [0.15, 0.2) is 41.0 Å². The molecule has 0 unspecified atom stereocenters. The number of nitriles is 1. The second kappa shape index (κ2) is 4.67. The molecule has 0 aromatic heterocycles. The second-order valence-corrected chi connectivity index (χ2v) is 2.72. The van der Waals surface area contributed by atoms with Gasteiger partial charge in [-0.15, -0.1) is 0 Å². The molecule has 15 heavy (non-hydrogen) atoms. The first-order valence-corrected chi connectivity index (χ1v) is 4.13. The van der Waals surface area contributed by atoms with Gasteiger partial charge in [-0.3, -0.25) is 0 Å². The number of amidine groups is 1. The Balaban J connectivity index is 3.26. The van der Waals surface area contributed by atoms with Crippen molar-refractivity contribution in [2.45, 2.75) is 0 Å². The van der Waals surface area contributed by atoms with Crippen molar-refractivity contribution in [2.75, 3.05) is 0 Å². The van der Waals surface area contributed by atoms with Gasteiger partial charge in [-0.2, -0.15) is 10.4 Å². The molecule has 0 aliphatic heterocycles. The number of aliphatic hydroxyl groups is 1. The Hall–Kier alpha value is -2.48. The number of hydrazone groups is 1. The number of rotatable bonds is 2. The topological polar surface area (TPSA) is 108 Å². The van der Waals surface area contributed by atoms with Crippen LogP contribution < -0.4 is 11.6 Å². The Morgan fingerprint density at radius 3 is 2.40 bits per heavy atom. The van der Waals surface area contributed by atoms with Crippen LogP contribution in [0.3, 0.4) is 0 Å². The van der Waals surface area contributed by atoms with Gasteiger partial charge in [-0.1, -0.05) is 30.3 Å². The summed E-state index contributed by atoms with van der Waals surface area (Å²) in [4.78, 5) is 0. The van der Waals surface area contributed by atoms with Gasteiger partial charge in [0.2, 0.25) is 0 Å². The van der Waals surface area contributed by atoms with Crippen molar-refractivity contribution in [3.8, 4) is 6.07 Å². The lowest BCUT2D eigenvalue weighted by molar-refractivity contribution is 0.510. The normalized spacial score (nSPS) is 12.9. The molecule has 1 rings (SSSR count). The number of hydrogen-bond donors (Lipinski definition) is 3. The highest BCUT2D eigenvalue weighted by molar-refractivity contribution is 6.05. The van der Waals surface area contributed by atoms with Crippen molar-refractivity contribution in [3.05, 3.63) is 41.5 Å². The molecule has 5 heteroatoms. The molecule has 0 amide bonds. The zero-order valence-corrected chi connectivity index (χ0v) is 7.88. The van der Waals surface area contributed by atoms with Crippen LogP contribution in [0.2, 0.25) is 0 Å². The quantitative estimate of drug-likeness (QED) is 0.164. The van der Waals surface area contributed by atoms with Crippen LogP contribution >= 0.6 is 0 Å². The largest absolute Gasteiger partial charge is 0.506 e. The fourth-order valence-corrected chi connectivity index (χ4v) is 1.04. The van der Waals surface area contributed by atoms with Crippen molar-refractivity contribution in [1.29, 1.82) is 5.26 Å². The molecule has 1 aromatic rings. The lowest BCUT2D eigenvalue weighted by Gasteiger charge is -2.02. The zero-order valence-electron chi connectivity index (χ0n) is 7.88. The van der Waals surface area contributed by atoms with Crippen molar-refractivity contribution in [3.63, 3.8) is 0 Å². The molecule has 0 atom stereocenters. The SMILES string of the molecule is N#CC(/C(N)=N/N)=C(/O)c1ccccc1. The van der Waals surface area contributed by atoms with E-state index in [4.69, 9.17) is 16.8 Å². The third-order valence-corrected chi connectivity index (χ3v) is 1.79. The van der Waals surface area contributed by atoms with E-state index >= 15 is 0 Å². The summed E-state index contributed by atoms with van der Waals surface area (Å²) < 4.78 is 0. The first kappa shape index (κ1) is 10.6. The highest BCUT2D eigenvalue weighted by atomic mass is 16.3. The number of benzene rings is 1. The molecule has 0 saturated carbocycles. The predicted octanol–water partition coefficient (Wildman–Crippen LogP) is 0.710. The van der Waals surface area contributed by atoms with E-state index in [0.717, 1.165) is 0 Å². The van der Waals surface area contributed by atoms with Crippen LogP contribution in [-0.2, 0) is 0 Å². The Morgan fingerprint density at radius 2 is 1.93 bits per heavy atom. The molecule has 76 valence electrons. The summed E-state index contributed by atoms with van der Waals surface area (Å²) in [7, 11) is 0. The van der Waals surface area contributed by atoms with Crippen molar-refractivity contribution >= 4 is 11.6 Å². The van der Waals surface area contributed by atoms with Crippen LogP contribution in [-0.4, -0.2) is 10.9 Å². The molecule has 0 radical (unpaired) electrons. The van der Waals surface area contributed by atoms with Crippen molar-refractivity contribution < 1.29 is 5.11 Å². The summed E-state index contributed by atoms with van der Waals surface area (Å²) in [6.45, 7) is 0. The van der Waals surface area contributed by atoms with Gasteiger partial charge < -0.3 is 16.7 Å². The van der Waals surface area contributed by atoms with Gasteiger partial charge in [0.05, 0.1) is 0 Å². The van der Waals surface area contributed by atoms with Gasteiger partial charge in [-0.05, 0) is 0 Å². The van der Waals surface area contributed by atoms with E-state index in [1.807, 2.05) is 0 Å². The summed E-state index contributed by atoms with van der Waals surface area (Å²) >= 11 is 0. The highest BCUT2D eigenvalue weighted by Gasteiger charge is 2.10. The van der Waals surface area contributed by atoms with E-state index in [1.54, 1.807) is 36.4 Å². The standard InChI is InChI=1S/C10H10N4O/c11-6-8(10(12)14-13)9(15)7-4-2-1-3-5-7/h1-5,15H,13H2,(H2,12,14)/b9-8-. The molecular formula is C10H10N4O. The number of nitrogens with zero attached hydrogens (tertiary/aromatic N) is 2. The maximum Gasteiger partial charge on any atom is 0.164 e. The molecule has 0 heterocycles. The Bertz CT molecular complexity index is 442. The maximum atomic E-state index is 9.72. The van der Waals surface area contributed by atoms with Gasteiger partial charge in [0.25, 0.3) is 0 Å². The average Bonchev–Trinajstić information content (AvgIpc) is 2.30. The van der Waals surface area contributed by atoms with Crippen molar-refractivity contribution in [1.82, 2.24) is 0 Å². The molecule has 5 nitrogen and oxygen atoms in total. The number of aliphatic hydroxyl groups excluding tert-OH is 1. The van der Waals surface area contributed by atoms with Crippen LogP contribution in [0.4, 0.5) is 0 Å². The average molecular weight is 202 g/mol. The maximum absolute atomic E-state index is 9.72. The Morgan fingerprint density at radius 1 is 1.33 bits per heavy atom. The molecule has 0 spiro atoms. The van der Waals surface area contributed by atoms with Crippen LogP contribution in [0.1, 0.15) is 5.56 Å². The molecule has 0 saturated heterocycles. The van der Waals surface area contributed by atoms with Gasteiger partial charge in [-0.25, -0.2) is 0 Å². The molecule has 0 bridgehead atoms. The summed E-state index contributed by atoms with van der Waals surface area (Å²) in [5.74, 6) is 4.50. The van der Waals surface area contributed by atoms with Crippen LogP contribution in [0.5, 0.6) is 0 Å². The summed E-state index contributed by atoms with van der Waals surface area (Å²) in [6, 6.07) is 10.3. The number of nitrogens with two attached hydrogens (primary N) is 2. The lowest BCUT2D eigenvalue weighted by atomic mass is 10.1. The van der Waals surface area contributed by atoms with E-state index in [2.05, 4.69) is 5.10 Å². The molecular weight excluding hydrogens is 192 g/mol. The lowest BCUT2D eigenvalue weighted by Crippen LogP contribution is -2.17. The minimum Gasteiger partial charge on any atom is -0.506 e. The first-order valence-electron chi connectivity index (χ1n) is 4.13. The second-order valence-electron chi connectivity index (χ2n) is 2.72. The van der Waals surface area contributed by atoms with E-state index in [9.17, 15) is 5.11 Å². The van der Waals surface area contributed by atoms with E-state index in [-0.39, 0.29) is 17.2 Å². The fraction of sp³-hybridized carbons (Fsp3) is 0. The van der Waals surface area contributed by atoms with Gasteiger partial charge in [0.15, 0.2) is 5.84 Å². The highest BCUT2D eigenvalue weighted by Crippen LogP contribution is 2.14. The van der Waals surface area contributed by atoms with Gasteiger partial charge in [0.1, 0.15) is 17.4 Å². The van der Waals surface area contributed by atoms with Gasteiger partial charge >= 0.3 is 0 Å². The molecule has 0 aliphatic carbocycles. The molecule has 5 N–H and O–H groups in total. The minimum atomic E-state index is -0.232. The summed E-state index contributed by atoms with van der Waals surface area (Å²) in [5, 5.41) is 21.7. The predicted molar refractivity (Wildman–Crippen MR) is 57.4 cm³/mol. The van der Waals surface area contributed by atoms with E-state index in [1.165, 1.54) is 0 Å². The van der Waals surface area contributed by atoms with E-state index in [0.29, 0.717) is 5.56 Å². The Labute approximate surface area is 86.9 Å². The van der Waals surface area contributed by atoms with Crippen molar-refractivity contribution in [2.24, 2.45) is 16.7 Å². The van der Waals surface area contributed by atoms with Crippen LogP contribution in [0.25, 0.3) is 5.76 Å². The Kier molecular flexibility index (Phi) is 3.30. The molecule has 0 aliphatic rings. The van der Waals surface area contributed by atoms with E-state index < -0.39 is 0 Å². The number of hydrogen-bond acceptors (Lipinski definition) is 4. The first-order chi connectivity index (χ1) is 7.20. The monoisotopic (exact) mass is 202 g/mol.